The second-order valence-electron chi connectivity index (χ2n) is 8.70. The maximum Gasteiger partial charge on any atom is 0.254 e. The third-order valence-electron chi connectivity index (χ3n) is 6.48. The van der Waals surface area contributed by atoms with Crippen molar-refractivity contribution in [1.82, 2.24) is 19.6 Å². The van der Waals surface area contributed by atoms with Gasteiger partial charge in [0.25, 0.3) is 11.8 Å². The maximum atomic E-state index is 12.9. The number of piperidine rings is 1. The Balaban J connectivity index is 1.16. The molecule has 3 aromatic rings. The predicted molar refractivity (Wildman–Crippen MR) is 130 cm³/mol. The van der Waals surface area contributed by atoms with Gasteiger partial charge in [0, 0.05) is 49.9 Å². The van der Waals surface area contributed by atoms with Crippen LogP contribution in [0.3, 0.4) is 0 Å². The summed E-state index contributed by atoms with van der Waals surface area (Å²) in [6, 6.07) is 8.94. The van der Waals surface area contributed by atoms with E-state index in [2.05, 4.69) is 10.3 Å². The SMILES string of the molecule is COc1cc(OC)cc(C(=O)N2CCC(CCCCNC(=O)c3ccc4nccn4c3)CC2)c1. The van der Waals surface area contributed by atoms with E-state index in [1.54, 1.807) is 50.9 Å². The number of rotatable bonds is 9. The largest absolute Gasteiger partial charge is 0.497 e. The molecule has 3 heterocycles. The molecule has 2 amide bonds. The number of imidazole rings is 1. The van der Waals surface area contributed by atoms with Gasteiger partial charge in [-0.3, -0.25) is 9.59 Å². The van der Waals surface area contributed by atoms with Gasteiger partial charge in [-0.2, -0.15) is 0 Å². The predicted octanol–water partition coefficient (Wildman–Crippen LogP) is 3.80. The molecule has 8 nitrogen and oxygen atoms in total. The van der Waals surface area contributed by atoms with Crippen molar-refractivity contribution >= 4 is 17.5 Å². The zero-order valence-corrected chi connectivity index (χ0v) is 19.8. The first-order valence-corrected chi connectivity index (χ1v) is 11.8. The topological polar surface area (TPSA) is 85.2 Å². The fraction of sp³-hybridized carbons (Fsp3) is 0.423. The molecule has 1 saturated heterocycles. The normalized spacial score (nSPS) is 14.2. The van der Waals surface area contributed by atoms with Crippen LogP contribution >= 0.6 is 0 Å². The molecule has 34 heavy (non-hydrogen) atoms. The van der Waals surface area contributed by atoms with Crippen molar-refractivity contribution < 1.29 is 19.1 Å². The zero-order chi connectivity index (χ0) is 23.9. The highest BCUT2D eigenvalue weighted by atomic mass is 16.5. The lowest BCUT2D eigenvalue weighted by molar-refractivity contribution is 0.0685. The minimum Gasteiger partial charge on any atom is -0.497 e. The van der Waals surface area contributed by atoms with Gasteiger partial charge in [-0.05, 0) is 49.4 Å². The summed E-state index contributed by atoms with van der Waals surface area (Å²) < 4.78 is 12.4. The third-order valence-corrected chi connectivity index (χ3v) is 6.48. The average molecular weight is 465 g/mol. The molecule has 1 aliphatic heterocycles. The summed E-state index contributed by atoms with van der Waals surface area (Å²) in [6.45, 7) is 2.18. The quantitative estimate of drug-likeness (QED) is 0.487. The smallest absolute Gasteiger partial charge is 0.254 e. The number of carbonyl (C=O) groups is 2. The summed E-state index contributed by atoms with van der Waals surface area (Å²) in [4.78, 5) is 31.4. The molecule has 0 aliphatic carbocycles. The van der Waals surface area contributed by atoms with Crippen molar-refractivity contribution in [3.63, 3.8) is 0 Å². The number of methoxy groups -OCH3 is 2. The van der Waals surface area contributed by atoms with E-state index in [9.17, 15) is 9.59 Å². The van der Waals surface area contributed by atoms with E-state index in [0.29, 0.717) is 35.1 Å². The number of hydrogen-bond donors (Lipinski definition) is 1. The number of aromatic nitrogens is 2. The fourth-order valence-electron chi connectivity index (χ4n) is 4.45. The van der Waals surface area contributed by atoms with Gasteiger partial charge in [0.05, 0.1) is 19.8 Å². The molecule has 0 radical (unpaired) electrons. The van der Waals surface area contributed by atoms with Crippen molar-refractivity contribution in [3.8, 4) is 11.5 Å². The van der Waals surface area contributed by atoms with E-state index in [1.807, 2.05) is 21.6 Å². The van der Waals surface area contributed by atoms with Crippen molar-refractivity contribution in [3.05, 3.63) is 60.0 Å². The molecule has 8 heteroatoms. The molecule has 1 N–H and O–H groups in total. The first kappa shape index (κ1) is 23.6. The van der Waals surface area contributed by atoms with Crippen LogP contribution < -0.4 is 14.8 Å². The number of likely N-dealkylation sites (tertiary alicyclic amines) is 1. The lowest BCUT2D eigenvalue weighted by Crippen LogP contribution is -2.38. The number of hydrogen-bond acceptors (Lipinski definition) is 5. The molecular formula is C26H32N4O4. The molecule has 1 aromatic carbocycles. The van der Waals surface area contributed by atoms with Crippen LogP contribution in [0.1, 0.15) is 52.8 Å². The highest BCUT2D eigenvalue weighted by molar-refractivity contribution is 5.95. The van der Waals surface area contributed by atoms with Gasteiger partial charge < -0.3 is 24.1 Å². The Morgan fingerprint density at radius 3 is 2.47 bits per heavy atom. The number of ether oxygens (including phenoxy) is 2. The van der Waals surface area contributed by atoms with E-state index >= 15 is 0 Å². The van der Waals surface area contributed by atoms with E-state index in [0.717, 1.165) is 50.8 Å². The third kappa shape index (κ3) is 5.68. The molecule has 0 unspecified atom stereocenters. The maximum absolute atomic E-state index is 12.9. The molecule has 4 rings (SSSR count). The Labute approximate surface area is 199 Å². The number of unbranched alkanes of at least 4 members (excludes halogenated alkanes) is 1. The number of amides is 2. The highest BCUT2D eigenvalue weighted by Crippen LogP contribution is 2.27. The van der Waals surface area contributed by atoms with Gasteiger partial charge in [0.15, 0.2) is 0 Å². The summed E-state index contributed by atoms with van der Waals surface area (Å²) >= 11 is 0. The van der Waals surface area contributed by atoms with Gasteiger partial charge in [0.2, 0.25) is 0 Å². The van der Waals surface area contributed by atoms with Crippen LogP contribution in [0.5, 0.6) is 11.5 Å². The van der Waals surface area contributed by atoms with Crippen LogP contribution in [0.15, 0.2) is 48.9 Å². The highest BCUT2D eigenvalue weighted by Gasteiger charge is 2.24. The Hall–Kier alpha value is -3.55. The van der Waals surface area contributed by atoms with Crippen LogP contribution in [0.25, 0.3) is 5.65 Å². The van der Waals surface area contributed by atoms with Crippen LogP contribution in [0.2, 0.25) is 0 Å². The molecule has 0 spiro atoms. The number of fused-ring (bicyclic) bond motifs is 1. The van der Waals surface area contributed by atoms with E-state index < -0.39 is 0 Å². The van der Waals surface area contributed by atoms with E-state index in [-0.39, 0.29) is 11.8 Å². The summed E-state index contributed by atoms with van der Waals surface area (Å²) in [5.41, 5.74) is 2.06. The van der Waals surface area contributed by atoms with Crippen molar-refractivity contribution in [2.45, 2.75) is 32.1 Å². The minimum absolute atomic E-state index is 0.0206. The van der Waals surface area contributed by atoms with E-state index in [4.69, 9.17) is 9.47 Å². The van der Waals surface area contributed by atoms with Gasteiger partial charge in [0.1, 0.15) is 17.1 Å². The lowest BCUT2D eigenvalue weighted by atomic mass is 9.91. The summed E-state index contributed by atoms with van der Waals surface area (Å²) in [5, 5.41) is 3.01. The summed E-state index contributed by atoms with van der Waals surface area (Å²) in [7, 11) is 3.17. The second kappa shape index (κ2) is 11.0. The van der Waals surface area contributed by atoms with Gasteiger partial charge >= 0.3 is 0 Å². The van der Waals surface area contributed by atoms with Crippen LogP contribution in [0.4, 0.5) is 0 Å². The Morgan fingerprint density at radius 2 is 1.76 bits per heavy atom. The Bertz CT molecular complexity index is 1110. The Morgan fingerprint density at radius 1 is 1.03 bits per heavy atom. The lowest BCUT2D eigenvalue weighted by Gasteiger charge is -2.32. The number of nitrogens with zero attached hydrogens (tertiary/aromatic N) is 3. The zero-order valence-electron chi connectivity index (χ0n) is 19.8. The second-order valence-corrected chi connectivity index (χ2v) is 8.70. The van der Waals surface area contributed by atoms with Crippen molar-refractivity contribution in [2.75, 3.05) is 33.9 Å². The molecule has 0 atom stereocenters. The number of benzene rings is 1. The van der Waals surface area contributed by atoms with E-state index in [1.165, 1.54) is 0 Å². The van der Waals surface area contributed by atoms with Crippen molar-refractivity contribution in [1.29, 1.82) is 0 Å². The first-order valence-electron chi connectivity index (χ1n) is 11.8. The molecule has 180 valence electrons. The van der Waals surface area contributed by atoms with Gasteiger partial charge in [-0.1, -0.05) is 12.8 Å². The summed E-state index contributed by atoms with van der Waals surface area (Å²) in [5.74, 6) is 1.81. The number of pyridine rings is 1. The van der Waals surface area contributed by atoms with Crippen LogP contribution in [-0.4, -0.2) is 60.0 Å². The minimum atomic E-state index is -0.0587. The van der Waals surface area contributed by atoms with Gasteiger partial charge in [-0.25, -0.2) is 4.98 Å². The average Bonchev–Trinajstić information content (AvgIpc) is 3.36. The van der Waals surface area contributed by atoms with Crippen molar-refractivity contribution in [2.24, 2.45) is 5.92 Å². The molecule has 1 fully saturated rings. The van der Waals surface area contributed by atoms with Crippen LogP contribution in [-0.2, 0) is 0 Å². The first-order chi connectivity index (χ1) is 16.6. The molecular weight excluding hydrogens is 432 g/mol. The molecule has 1 aliphatic rings. The fourth-order valence-corrected chi connectivity index (χ4v) is 4.45. The van der Waals surface area contributed by atoms with Gasteiger partial charge in [-0.15, -0.1) is 0 Å². The molecule has 0 bridgehead atoms. The Kier molecular flexibility index (Phi) is 7.67. The standard InChI is InChI=1S/C26H32N4O4/c1-33-22-15-21(16-23(17-22)34-2)26(32)29-12-8-19(9-13-29)5-3-4-10-28-25(31)20-6-7-24-27-11-14-30(24)18-20/h6-7,11,14-19H,3-5,8-10,12-13H2,1-2H3,(H,28,31). The number of nitrogens with one attached hydrogen (secondary N) is 1. The summed E-state index contributed by atoms with van der Waals surface area (Å²) in [6.07, 6.45) is 10.5. The van der Waals surface area contributed by atoms with Crippen LogP contribution in [0, 0.1) is 5.92 Å². The monoisotopic (exact) mass is 464 g/mol. The molecule has 2 aromatic heterocycles. The number of carbonyl (C=O) groups excluding carboxylic acids is 2. The molecule has 0 saturated carbocycles.